The molecule has 1 aromatic rings. The van der Waals surface area contributed by atoms with E-state index in [1.165, 1.54) is 11.3 Å². The van der Waals surface area contributed by atoms with Crippen molar-refractivity contribution in [2.45, 2.75) is 6.92 Å². The lowest BCUT2D eigenvalue weighted by Crippen LogP contribution is -2.10. The van der Waals surface area contributed by atoms with Crippen molar-refractivity contribution >= 4 is 23.0 Å². The van der Waals surface area contributed by atoms with E-state index in [4.69, 9.17) is 15.2 Å². The van der Waals surface area contributed by atoms with Crippen LogP contribution in [0.1, 0.15) is 16.6 Å². The number of hydrogen-bond acceptors (Lipinski definition) is 5. The molecule has 78 valence electrons. The third kappa shape index (κ3) is 3.01. The van der Waals surface area contributed by atoms with E-state index < -0.39 is 0 Å². The third-order valence-electron chi connectivity index (χ3n) is 1.55. The molecular formula is C9H13NO3S. The molecule has 0 unspecified atom stereocenters. The number of esters is 1. The Morgan fingerprint density at radius 3 is 2.93 bits per heavy atom. The average Bonchev–Trinajstić information content (AvgIpc) is 2.59. The molecule has 1 aromatic heterocycles. The highest BCUT2D eigenvalue weighted by Crippen LogP contribution is 2.19. The molecule has 14 heavy (non-hydrogen) atoms. The van der Waals surface area contributed by atoms with Crippen LogP contribution >= 0.6 is 11.3 Å². The summed E-state index contributed by atoms with van der Waals surface area (Å²) < 4.78 is 9.96. The molecule has 0 aliphatic carbocycles. The second-order valence-electron chi connectivity index (χ2n) is 2.54. The minimum atomic E-state index is -0.378. The number of hydrogen-bond donors (Lipinski definition) is 1. The Balaban J connectivity index is 2.32. The first-order chi connectivity index (χ1) is 6.75. The fourth-order valence-electron chi connectivity index (χ4n) is 0.888. The number of thiophene rings is 1. The van der Waals surface area contributed by atoms with Gasteiger partial charge < -0.3 is 15.2 Å². The van der Waals surface area contributed by atoms with Crippen LogP contribution in [0.4, 0.5) is 5.69 Å². The van der Waals surface area contributed by atoms with Gasteiger partial charge in [-0.15, -0.1) is 11.3 Å². The van der Waals surface area contributed by atoms with Crippen LogP contribution in [0, 0.1) is 0 Å². The van der Waals surface area contributed by atoms with Crippen LogP contribution in [0.2, 0.25) is 0 Å². The molecular weight excluding hydrogens is 202 g/mol. The topological polar surface area (TPSA) is 61.5 Å². The number of anilines is 1. The molecule has 0 saturated carbocycles. The molecule has 0 saturated heterocycles. The molecule has 0 aliphatic rings. The summed E-state index contributed by atoms with van der Waals surface area (Å²) in [6.45, 7) is 3.20. The summed E-state index contributed by atoms with van der Waals surface area (Å²) in [6, 6.07) is 1.68. The number of carbonyl (C=O) groups is 1. The van der Waals surface area contributed by atoms with Crippen molar-refractivity contribution in [1.82, 2.24) is 0 Å². The van der Waals surface area contributed by atoms with E-state index in [1.807, 2.05) is 6.92 Å². The maximum Gasteiger partial charge on any atom is 0.350 e. The lowest BCUT2D eigenvalue weighted by molar-refractivity contribution is 0.0341. The van der Waals surface area contributed by atoms with Gasteiger partial charge >= 0.3 is 5.97 Å². The molecule has 0 fully saturated rings. The van der Waals surface area contributed by atoms with Crippen LogP contribution < -0.4 is 5.73 Å². The Labute approximate surface area is 86.6 Å². The molecule has 0 atom stereocenters. The van der Waals surface area contributed by atoms with Crippen molar-refractivity contribution in [2.75, 3.05) is 25.6 Å². The number of nitrogen functional groups attached to an aromatic ring is 1. The van der Waals surface area contributed by atoms with E-state index in [0.717, 1.165) is 0 Å². The van der Waals surface area contributed by atoms with Gasteiger partial charge in [-0.25, -0.2) is 4.79 Å². The maximum atomic E-state index is 11.3. The first-order valence-corrected chi connectivity index (χ1v) is 5.21. The van der Waals surface area contributed by atoms with Crippen molar-refractivity contribution in [3.05, 3.63) is 16.3 Å². The third-order valence-corrected chi connectivity index (χ3v) is 2.46. The van der Waals surface area contributed by atoms with Gasteiger partial charge in [-0.3, -0.25) is 0 Å². The Morgan fingerprint density at radius 2 is 2.36 bits per heavy atom. The molecule has 0 aromatic carbocycles. The molecule has 1 heterocycles. The smallest absolute Gasteiger partial charge is 0.350 e. The van der Waals surface area contributed by atoms with Gasteiger partial charge in [0.1, 0.15) is 11.5 Å². The molecule has 4 nitrogen and oxygen atoms in total. The fourth-order valence-corrected chi connectivity index (χ4v) is 1.60. The number of nitrogens with two attached hydrogens (primary N) is 1. The number of rotatable bonds is 5. The zero-order valence-corrected chi connectivity index (χ0v) is 8.80. The number of carbonyl (C=O) groups excluding carboxylic acids is 1. The Morgan fingerprint density at radius 1 is 1.57 bits per heavy atom. The van der Waals surface area contributed by atoms with Crippen LogP contribution in [0.25, 0.3) is 0 Å². The largest absolute Gasteiger partial charge is 0.459 e. The van der Waals surface area contributed by atoms with Crippen LogP contribution in [0.3, 0.4) is 0 Å². The molecule has 0 amide bonds. The van der Waals surface area contributed by atoms with Gasteiger partial charge in [-0.2, -0.15) is 0 Å². The van der Waals surface area contributed by atoms with Crippen LogP contribution in [-0.4, -0.2) is 25.8 Å². The molecule has 0 radical (unpaired) electrons. The molecule has 2 N–H and O–H groups in total. The summed E-state index contributed by atoms with van der Waals surface area (Å²) >= 11 is 1.28. The van der Waals surface area contributed by atoms with E-state index in [-0.39, 0.29) is 12.6 Å². The van der Waals surface area contributed by atoms with Crippen molar-refractivity contribution in [3.8, 4) is 0 Å². The van der Waals surface area contributed by atoms with Crippen LogP contribution in [-0.2, 0) is 9.47 Å². The summed E-state index contributed by atoms with van der Waals surface area (Å²) in [7, 11) is 0. The van der Waals surface area contributed by atoms with Crippen molar-refractivity contribution < 1.29 is 14.3 Å². The van der Waals surface area contributed by atoms with E-state index in [2.05, 4.69) is 0 Å². The predicted molar refractivity (Wildman–Crippen MR) is 55.5 cm³/mol. The fraction of sp³-hybridized carbons (Fsp3) is 0.444. The summed E-state index contributed by atoms with van der Waals surface area (Å²) in [5, 5.41) is 1.76. The molecule has 1 rings (SSSR count). The summed E-state index contributed by atoms with van der Waals surface area (Å²) in [5.41, 5.74) is 6.02. The summed E-state index contributed by atoms with van der Waals surface area (Å²) in [5.74, 6) is -0.378. The second-order valence-corrected chi connectivity index (χ2v) is 3.45. The van der Waals surface area contributed by atoms with Crippen LogP contribution in [0.15, 0.2) is 11.4 Å². The lowest BCUT2D eigenvalue weighted by atomic mass is 10.4. The monoisotopic (exact) mass is 215 g/mol. The second kappa shape index (κ2) is 5.62. The average molecular weight is 215 g/mol. The zero-order valence-electron chi connectivity index (χ0n) is 7.99. The van der Waals surface area contributed by atoms with Gasteiger partial charge in [0.25, 0.3) is 0 Å². The summed E-state index contributed by atoms with van der Waals surface area (Å²) in [6.07, 6.45) is 0. The van der Waals surface area contributed by atoms with Crippen molar-refractivity contribution in [3.63, 3.8) is 0 Å². The van der Waals surface area contributed by atoms with E-state index in [9.17, 15) is 4.79 Å². The van der Waals surface area contributed by atoms with Gasteiger partial charge in [0.15, 0.2) is 0 Å². The first kappa shape index (κ1) is 11.0. The Hall–Kier alpha value is -1.07. The van der Waals surface area contributed by atoms with Crippen molar-refractivity contribution in [2.24, 2.45) is 0 Å². The minimum Gasteiger partial charge on any atom is -0.459 e. The van der Waals surface area contributed by atoms with Gasteiger partial charge in [-0.05, 0) is 18.4 Å². The zero-order chi connectivity index (χ0) is 10.4. The summed E-state index contributed by atoms with van der Waals surface area (Å²) in [4.78, 5) is 11.8. The van der Waals surface area contributed by atoms with Gasteiger partial charge in [0, 0.05) is 6.61 Å². The SMILES string of the molecule is CCOCCOC(=O)c1sccc1N. The standard InChI is InChI=1S/C9H13NO3S/c1-2-12-4-5-13-9(11)8-7(10)3-6-14-8/h3,6H,2,4-5,10H2,1H3. The quantitative estimate of drug-likeness (QED) is 0.597. The van der Waals surface area contributed by atoms with Gasteiger partial charge in [0.2, 0.25) is 0 Å². The highest BCUT2D eigenvalue weighted by Gasteiger charge is 2.11. The Kier molecular flexibility index (Phi) is 4.42. The maximum absolute atomic E-state index is 11.3. The Bertz CT molecular complexity index is 298. The highest BCUT2D eigenvalue weighted by molar-refractivity contribution is 7.12. The van der Waals surface area contributed by atoms with E-state index >= 15 is 0 Å². The normalized spacial score (nSPS) is 10.1. The lowest BCUT2D eigenvalue weighted by Gasteiger charge is -2.03. The van der Waals surface area contributed by atoms with E-state index in [1.54, 1.807) is 11.4 Å². The first-order valence-electron chi connectivity index (χ1n) is 4.33. The molecule has 0 spiro atoms. The van der Waals surface area contributed by atoms with Gasteiger partial charge in [-0.1, -0.05) is 0 Å². The molecule has 0 bridgehead atoms. The van der Waals surface area contributed by atoms with E-state index in [0.29, 0.717) is 23.8 Å². The van der Waals surface area contributed by atoms with Crippen molar-refractivity contribution in [1.29, 1.82) is 0 Å². The predicted octanol–water partition coefficient (Wildman–Crippen LogP) is 1.52. The molecule has 5 heteroatoms. The minimum absolute atomic E-state index is 0.268. The molecule has 0 aliphatic heterocycles. The number of ether oxygens (including phenoxy) is 2. The highest BCUT2D eigenvalue weighted by atomic mass is 32.1. The van der Waals surface area contributed by atoms with Crippen LogP contribution in [0.5, 0.6) is 0 Å². The van der Waals surface area contributed by atoms with Gasteiger partial charge in [0.05, 0.1) is 12.3 Å².